The summed E-state index contributed by atoms with van der Waals surface area (Å²) in [5, 5.41) is 10.9. The van der Waals surface area contributed by atoms with E-state index < -0.39 is 20.8 Å². The van der Waals surface area contributed by atoms with E-state index in [9.17, 15) is 22.9 Å². The lowest BCUT2D eigenvalue weighted by atomic mass is 10.2. The number of anilines is 1. The normalized spacial score (nSPS) is 12.1. The fraction of sp³-hybridized carbons (Fsp3) is 0. The van der Waals surface area contributed by atoms with Crippen molar-refractivity contribution in [3.63, 3.8) is 0 Å². The Morgan fingerprint density at radius 2 is 1.71 bits per heavy atom. The van der Waals surface area contributed by atoms with Gasteiger partial charge in [0.2, 0.25) is 0 Å². The molecule has 1 aromatic heterocycles. The number of aromatic amines is 1. The van der Waals surface area contributed by atoms with Crippen LogP contribution in [0, 0.1) is 15.9 Å². The summed E-state index contributed by atoms with van der Waals surface area (Å²) in [5.74, 6) is -0.406. The maximum absolute atomic E-state index is 13.2. The predicted octanol–water partition coefficient (Wildman–Crippen LogP) is 4.55. The summed E-state index contributed by atoms with van der Waals surface area (Å²) in [5.41, 5.74) is 1.69. The molecule has 0 aliphatic heterocycles. The van der Waals surface area contributed by atoms with E-state index in [2.05, 4.69) is 14.7 Å². The lowest BCUT2D eigenvalue weighted by Gasteiger charge is -2.10. The van der Waals surface area contributed by atoms with E-state index >= 15 is 0 Å². The zero-order chi connectivity index (χ0) is 22.0. The van der Waals surface area contributed by atoms with Gasteiger partial charge < -0.3 is 4.98 Å². The largest absolute Gasteiger partial charge is 0.337 e. The molecule has 0 spiro atoms. The number of nitrogens with zero attached hydrogens (tertiary/aromatic N) is 2. The predicted molar refractivity (Wildman–Crippen MR) is 116 cm³/mol. The number of rotatable bonds is 6. The van der Waals surface area contributed by atoms with Crippen LogP contribution in [-0.4, -0.2) is 23.3 Å². The minimum absolute atomic E-state index is 0.0918. The highest BCUT2D eigenvalue weighted by Gasteiger charge is 2.23. The molecule has 0 saturated carbocycles. The number of hydrogen-bond donors (Lipinski definition) is 2. The first-order chi connectivity index (χ1) is 14.8. The van der Waals surface area contributed by atoms with Gasteiger partial charge in [-0.15, -0.1) is 0 Å². The molecular weight excluding hydrogens is 423 g/mol. The number of fused-ring (bicyclic) bond motifs is 1. The Kier molecular flexibility index (Phi) is 5.22. The van der Waals surface area contributed by atoms with Gasteiger partial charge in [-0.1, -0.05) is 12.1 Å². The number of imidazole rings is 1. The molecule has 0 saturated heterocycles. The molecule has 0 aliphatic rings. The molecule has 3 aromatic carbocycles. The minimum atomic E-state index is -4.15. The lowest BCUT2D eigenvalue weighted by molar-refractivity contribution is -0.384. The second-order valence-corrected chi connectivity index (χ2v) is 8.22. The molecule has 0 bridgehead atoms. The van der Waals surface area contributed by atoms with Crippen LogP contribution in [0.1, 0.15) is 11.4 Å². The first kappa shape index (κ1) is 20.2. The molecule has 8 nitrogen and oxygen atoms in total. The Bertz CT molecular complexity index is 1360. The van der Waals surface area contributed by atoms with Crippen molar-refractivity contribution in [2.75, 3.05) is 4.72 Å². The van der Waals surface area contributed by atoms with E-state index in [-0.39, 0.29) is 22.1 Å². The van der Waals surface area contributed by atoms with Gasteiger partial charge >= 0.3 is 0 Å². The highest BCUT2D eigenvalue weighted by atomic mass is 32.2. The number of benzene rings is 3. The fourth-order valence-electron chi connectivity index (χ4n) is 2.91. The molecule has 0 radical (unpaired) electrons. The van der Waals surface area contributed by atoms with Crippen LogP contribution in [0.5, 0.6) is 0 Å². The number of H-pyrrole nitrogens is 1. The Morgan fingerprint density at radius 3 is 2.35 bits per heavy atom. The molecule has 0 atom stereocenters. The second-order valence-electron chi connectivity index (χ2n) is 6.57. The number of hydrogen-bond acceptors (Lipinski definition) is 5. The SMILES string of the molecule is O=[N+]([O-])c1ccc(/C=C(\c2nc3ccccc3[nH]2)S(=O)(=O)Nc2ccc(F)cc2)cc1. The maximum atomic E-state index is 13.2. The van der Waals surface area contributed by atoms with Crippen molar-refractivity contribution in [3.8, 4) is 0 Å². The molecule has 4 aromatic rings. The van der Waals surface area contributed by atoms with Crippen LogP contribution >= 0.6 is 0 Å². The topological polar surface area (TPSA) is 118 Å². The van der Waals surface area contributed by atoms with Crippen molar-refractivity contribution in [1.82, 2.24) is 9.97 Å². The number of aromatic nitrogens is 2. The number of non-ortho nitro benzene ring substituents is 1. The molecule has 1 heterocycles. The summed E-state index contributed by atoms with van der Waals surface area (Å²) in [6, 6.07) is 17.4. The van der Waals surface area contributed by atoms with Crippen LogP contribution in [-0.2, 0) is 10.0 Å². The van der Waals surface area contributed by atoms with Gasteiger partial charge in [0, 0.05) is 17.8 Å². The third kappa shape index (κ3) is 4.43. The monoisotopic (exact) mass is 438 g/mol. The van der Waals surface area contributed by atoms with Crippen LogP contribution in [0.2, 0.25) is 0 Å². The average molecular weight is 438 g/mol. The number of nitro benzene ring substituents is 1. The first-order valence-corrected chi connectivity index (χ1v) is 10.5. The summed E-state index contributed by atoms with van der Waals surface area (Å²) in [6.45, 7) is 0. The third-order valence-electron chi connectivity index (χ3n) is 4.41. The van der Waals surface area contributed by atoms with Crippen molar-refractivity contribution in [3.05, 3.63) is 100 Å². The van der Waals surface area contributed by atoms with Gasteiger partial charge in [-0.25, -0.2) is 17.8 Å². The number of nitrogens with one attached hydrogen (secondary N) is 2. The van der Waals surface area contributed by atoms with E-state index in [0.717, 1.165) is 12.1 Å². The standard InChI is InChI=1S/C21H15FN4O4S/c22-15-7-9-16(10-8-15)25-31(29,30)20(13-14-5-11-17(12-6-14)26(27)28)21-23-18-3-1-2-4-19(18)24-21/h1-13,25H,(H,23,24)/b20-13+. The van der Waals surface area contributed by atoms with Crippen molar-refractivity contribution in [2.45, 2.75) is 0 Å². The van der Waals surface area contributed by atoms with E-state index in [1.807, 2.05) is 0 Å². The molecule has 10 heteroatoms. The van der Waals surface area contributed by atoms with Crippen LogP contribution in [0.4, 0.5) is 15.8 Å². The number of nitro groups is 1. The van der Waals surface area contributed by atoms with Gasteiger partial charge in [-0.05, 0) is 60.2 Å². The van der Waals surface area contributed by atoms with Crippen LogP contribution < -0.4 is 4.72 Å². The highest BCUT2D eigenvalue weighted by Crippen LogP contribution is 2.27. The van der Waals surface area contributed by atoms with E-state index in [0.29, 0.717) is 16.6 Å². The Morgan fingerprint density at radius 1 is 1.03 bits per heavy atom. The van der Waals surface area contributed by atoms with Crippen LogP contribution in [0.3, 0.4) is 0 Å². The Balaban J connectivity index is 1.81. The Hall–Kier alpha value is -4.05. The van der Waals surface area contributed by atoms with Gasteiger partial charge in [-0.2, -0.15) is 0 Å². The van der Waals surface area contributed by atoms with Crippen LogP contribution in [0.15, 0.2) is 72.8 Å². The molecular formula is C21H15FN4O4S. The molecule has 0 unspecified atom stereocenters. The lowest BCUT2D eigenvalue weighted by Crippen LogP contribution is -2.15. The van der Waals surface area contributed by atoms with Gasteiger partial charge in [-0.3, -0.25) is 14.8 Å². The molecule has 0 aliphatic carbocycles. The summed E-state index contributed by atoms with van der Waals surface area (Å²) < 4.78 is 42.0. The zero-order valence-electron chi connectivity index (χ0n) is 15.8. The van der Waals surface area contributed by atoms with Crippen LogP contribution in [0.25, 0.3) is 22.0 Å². The van der Waals surface area contributed by atoms with Crippen molar-refractivity contribution in [2.24, 2.45) is 0 Å². The average Bonchev–Trinajstić information content (AvgIpc) is 3.17. The molecule has 0 fully saturated rings. The second kappa shape index (κ2) is 8.00. The zero-order valence-corrected chi connectivity index (χ0v) is 16.6. The fourth-order valence-corrected chi connectivity index (χ4v) is 4.11. The van der Waals surface area contributed by atoms with Gasteiger partial charge in [0.1, 0.15) is 10.7 Å². The first-order valence-electron chi connectivity index (χ1n) is 9.01. The molecule has 31 heavy (non-hydrogen) atoms. The summed E-state index contributed by atoms with van der Waals surface area (Å²) in [4.78, 5) is 17.5. The molecule has 2 N–H and O–H groups in total. The van der Waals surface area contributed by atoms with Gasteiger partial charge in [0.15, 0.2) is 5.82 Å². The smallest absolute Gasteiger partial charge is 0.269 e. The van der Waals surface area contributed by atoms with Gasteiger partial charge in [0.25, 0.3) is 15.7 Å². The summed E-state index contributed by atoms with van der Waals surface area (Å²) in [6.07, 6.45) is 1.35. The molecule has 4 rings (SSSR count). The van der Waals surface area contributed by atoms with Gasteiger partial charge in [0.05, 0.1) is 16.0 Å². The van der Waals surface area contributed by atoms with Crippen molar-refractivity contribution < 1.29 is 17.7 Å². The number of para-hydroxylation sites is 2. The minimum Gasteiger partial charge on any atom is -0.337 e. The Labute approximate surface area is 176 Å². The highest BCUT2D eigenvalue weighted by molar-refractivity contribution is 8.02. The van der Waals surface area contributed by atoms with Crippen molar-refractivity contribution >= 4 is 43.4 Å². The van der Waals surface area contributed by atoms with Crippen molar-refractivity contribution in [1.29, 1.82) is 0 Å². The summed E-state index contributed by atoms with van der Waals surface area (Å²) >= 11 is 0. The molecule has 156 valence electrons. The quantitative estimate of drug-likeness (QED) is 0.338. The number of sulfonamides is 1. The molecule has 0 amide bonds. The third-order valence-corrected chi connectivity index (χ3v) is 5.81. The summed E-state index contributed by atoms with van der Waals surface area (Å²) in [7, 11) is -4.15. The van der Waals surface area contributed by atoms with E-state index in [4.69, 9.17) is 0 Å². The maximum Gasteiger partial charge on any atom is 0.269 e. The number of halogens is 1. The van der Waals surface area contributed by atoms with E-state index in [1.54, 1.807) is 24.3 Å². The van der Waals surface area contributed by atoms with E-state index in [1.165, 1.54) is 42.5 Å².